The Labute approximate surface area is 211 Å². The molecular formula is C28H51NO6. The van der Waals surface area contributed by atoms with E-state index in [1.165, 1.54) is 4.90 Å². The van der Waals surface area contributed by atoms with Crippen molar-refractivity contribution in [1.29, 1.82) is 0 Å². The third kappa shape index (κ3) is 5.59. The summed E-state index contributed by atoms with van der Waals surface area (Å²) in [7, 11) is 4.02. The number of nitrogens with one attached hydrogen (secondary N) is 1. The number of aliphatic hydroxyl groups is 4. The molecule has 0 spiro atoms. The van der Waals surface area contributed by atoms with Crippen molar-refractivity contribution >= 4 is 5.97 Å². The van der Waals surface area contributed by atoms with E-state index < -0.39 is 12.1 Å². The van der Waals surface area contributed by atoms with Gasteiger partial charge < -0.3 is 35.2 Å². The van der Waals surface area contributed by atoms with Crippen molar-refractivity contribution in [3.8, 4) is 0 Å². The Morgan fingerprint density at radius 2 is 1.74 bits per heavy atom. The molecule has 0 aliphatic heterocycles. The summed E-state index contributed by atoms with van der Waals surface area (Å²) in [5, 5.41) is 52.1. The van der Waals surface area contributed by atoms with Crippen molar-refractivity contribution in [1.82, 2.24) is 0 Å². The largest absolute Gasteiger partial charge is 0.550 e. The predicted molar refractivity (Wildman–Crippen MR) is 132 cm³/mol. The Hall–Kier alpha value is -0.730. The number of rotatable bonds is 6. The number of hydrogen-bond donors (Lipinski definition) is 5. The van der Waals surface area contributed by atoms with E-state index in [1.54, 1.807) is 0 Å². The fourth-order valence-electron chi connectivity index (χ4n) is 8.90. The Bertz CT molecular complexity index is 718. The summed E-state index contributed by atoms with van der Waals surface area (Å²) in [5.41, 5.74) is -0.172. The molecule has 4 fully saturated rings. The van der Waals surface area contributed by atoms with Crippen LogP contribution in [-0.4, -0.2) is 72.0 Å². The zero-order valence-corrected chi connectivity index (χ0v) is 22.6. The second-order valence-electron chi connectivity index (χ2n) is 13.1. The van der Waals surface area contributed by atoms with E-state index in [2.05, 4.69) is 20.8 Å². The Morgan fingerprint density at radius 3 is 2.31 bits per heavy atom. The van der Waals surface area contributed by atoms with Crippen molar-refractivity contribution in [2.45, 2.75) is 96.9 Å². The van der Waals surface area contributed by atoms with Gasteiger partial charge in [-0.15, -0.1) is 0 Å². The molecule has 0 aromatic carbocycles. The van der Waals surface area contributed by atoms with Gasteiger partial charge in [0, 0.05) is 5.97 Å². The molecule has 0 bridgehead atoms. The fourth-order valence-corrected chi connectivity index (χ4v) is 8.90. The van der Waals surface area contributed by atoms with Gasteiger partial charge in [-0.3, -0.25) is 0 Å². The second-order valence-corrected chi connectivity index (χ2v) is 13.1. The van der Waals surface area contributed by atoms with Gasteiger partial charge in [0.2, 0.25) is 0 Å². The number of quaternary nitrogens is 1. The van der Waals surface area contributed by atoms with Crippen molar-refractivity contribution in [3.63, 3.8) is 0 Å². The van der Waals surface area contributed by atoms with E-state index in [4.69, 9.17) is 5.11 Å². The smallest absolute Gasteiger partial charge is 0.100 e. The molecular weight excluding hydrogens is 446 g/mol. The van der Waals surface area contributed by atoms with Crippen LogP contribution in [0.3, 0.4) is 0 Å². The summed E-state index contributed by atoms with van der Waals surface area (Å²) < 4.78 is 0. The summed E-state index contributed by atoms with van der Waals surface area (Å²) in [4.78, 5) is 12.2. The zero-order chi connectivity index (χ0) is 26.1. The number of aliphatic carboxylic acids is 1. The van der Waals surface area contributed by atoms with Crippen LogP contribution in [0.25, 0.3) is 0 Å². The topological polar surface area (TPSA) is 125 Å². The van der Waals surface area contributed by atoms with Crippen LogP contribution >= 0.6 is 0 Å². The van der Waals surface area contributed by atoms with Crippen molar-refractivity contribution in [2.24, 2.45) is 46.3 Å². The molecule has 0 aromatic heterocycles. The molecule has 204 valence electrons. The molecule has 7 heteroatoms. The van der Waals surface area contributed by atoms with Crippen LogP contribution in [0.4, 0.5) is 0 Å². The molecule has 4 aliphatic carbocycles. The zero-order valence-electron chi connectivity index (χ0n) is 22.6. The molecule has 0 radical (unpaired) electrons. The summed E-state index contributed by atoms with van der Waals surface area (Å²) in [6.45, 7) is 7.81. The minimum absolute atomic E-state index is 0.0747. The maximum absolute atomic E-state index is 11.5. The van der Waals surface area contributed by atoms with Crippen LogP contribution in [0.2, 0.25) is 0 Å². The first kappa shape index (κ1) is 28.8. The number of carbonyl (C=O) groups excluding carboxylic acids is 1. The van der Waals surface area contributed by atoms with Gasteiger partial charge in [0.15, 0.2) is 0 Å². The Kier molecular flexibility index (Phi) is 9.34. The number of aliphatic hydroxyl groups excluding tert-OH is 4. The molecule has 7 nitrogen and oxygen atoms in total. The number of carbonyl (C=O) groups is 1. The van der Waals surface area contributed by atoms with Crippen LogP contribution in [0.15, 0.2) is 0 Å². The molecule has 11 unspecified atom stereocenters. The van der Waals surface area contributed by atoms with E-state index in [0.29, 0.717) is 24.9 Å². The van der Waals surface area contributed by atoms with Gasteiger partial charge in [-0.2, -0.15) is 0 Å². The van der Waals surface area contributed by atoms with E-state index in [9.17, 15) is 25.2 Å². The highest BCUT2D eigenvalue weighted by atomic mass is 16.4. The van der Waals surface area contributed by atoms with Gasteiger partial charge in [0.05, 0.1) is 39.0 Å². The minimum Gasteiger partial charge on any atom is -0.550 e. The van der Waals surface area contributed by atoms with E-state index >= 15 is 0 Å². The van der Waals surface area contributed by atoms with Gasteiger partial charge in [0.25, 0.3) is 0 Å². The third-order valence-electron chi connectivity index (χ3n) is 10.9. The second kappa shape index (κ2) is 11.3. The van der Waals surface area contributed by atoms with Crippen LogP contribution < -0.4 is 10.0 Å². The Balaban J connectivity index is 0.000000509. The number of likely N-dealkylation sites (N-methyl/N-ethyl adjacent to an activating group) is 1. The quantitative estimate of drug-likeness (QED) is 0.358. The van der Waals surface area contributed by atoms with Gasteiger partial charge >= 0.3 is 0 Å². The molecule has 4 saturated carbocycles. The van der Waals surface area contributed by atoms with E-state index in [-0.39, 0.29) is 53.1 Å². The van der Waals surface area contributed by atoms with Crippen molar-refractivity contribution < 1.29 is 35.2 Å². The maximum Gasteiger partial charge on any atom is 0.100 e. The highest BCUT2D eigenvalue weighted by molar-refractivity contribution is 5.64. The van der Waals surface area contributed by atoms with Crippen LogP contribution in [0.1, 0.15) is 78.6 Å². The lowest BCUT2D eigenvalue weighted by Gasteiger charge is -2.63. The Morgan fingerprint density at radius 1 is 1.06 bits per heavy atom. The first-order valence-corrected chi connectivity index (χ1v) is 14.0. The predicted octanol–water partition coefficient (Wildman–Crippen LogP) is 0.237. The first-order chi connectivity index (χ1) is 16.4. The SMILES string of the molecule is CC(CCC(=O)[O-])C1CCC2C3C(O)CC4CC(O)CCC4(C)C3CC(O)C12C.C[NH+](C)CCO. The van der Waals surface area contributed by atoms with Gasteiger partial charge in [-0.25, -0.2) is 0 Å². The molecule has 0 aromatic rings. The molecule has 35 heavy (non-hydrogen) atoms. The molecule has 11 atom stereocenters. The molecule has 5 N–H and O–H groups in total. The standard InChI is InChI=1S/C24H40O5.C4H11NO/c1-13(4-7-21(28)29)16-5-6-17-22-18(12-20(27)24(16,17)3)23(2)9-8-15(25)10-14(23)11-19(22)26;1-5(2)3-4-6/h13-20,22,25-27H,4-12H2,1-3H3,(H,28,29);6H,3-4H2,1-2H3. The maximum atomic E-state index is 11.5. The lowest BCUT2D eigenvalue weighted by Crippen LogP contribution is -3.06. The monoisotopic (exact) mass is 497 g/mol. The number of fused-ring (bicyclic) bond motifs is 5. The number of hydrogen-bond acceptors (Lipinski definition) is 6. The first-order valence-electron chi connectivity index (χ1n) is 14.0. The summed E-state index contributed by atoms with van der Waals surface area (Å²) in [6.07, 6.45) is 5.72. The summed E-state index contributed by atoms with van der Waals surface area (Å²) in [5.74, 6) is 0.635. The van der Waals surface area contributed by atoms with Crippen LogP contribution in [0.5, 0.6) is 0 Å². The highest BCUT2D eigenvalue weighted by Gasteiger charge is 2.65. The lowest BCUT2D eigenvalue weighted by molar-refractivity contribution is -0.858. The van der Waals surface area contributed by atoms with Gasteiger partial charge in [-0.1, -0.05) is 20.8 Å². The normalized spacial score (nSPS) is 45.5. The number of carboxylic acid groups (broad SMARTS) is 1. The molecule has 4 rings (SSSR count). The molecule has 0 saturated heterocycles. The van der Waals surface area contributed by atoms with Gasteiger partial charge in [0.1, 0.15) is 6.54 Å². The average Bonchev–Trinajstić information content (AvgIpc) is 3.13. The van der Waals surface area contributed by atoms with Crippen LogP contribution in [-0.2, 0) is 4.79 Å². The molecule has 4 aliphatic rings. The average molecular weight is 498 g/mol. The minimum atomic E-state index is -0.998. The summed E-state index contributed by atoms with van der Waals surface area (Å²) in [6, 6.07) is 0. The molecule has 0 amide bonds. The molecule has 0 heterocycles. The lowest BCUT2D eigenvalue weighted by atomic mass is 9.43. The number of carboxylic acids is 1. The van der Waals surface area contributed by atoms with Crippen molar-refractivity contribution in [3.05, 3.63) is 0 Å². The van der Waals surface area contributed by atoms with E-state index in [1.807, 2.05) is 14.1 Å². The summed E-state index contributed by atoms with van der Waals surface area (Å²) >= 11 is 0. The van der Waals surface area contributed by atoms with Crippen molar-refractivity contribution in [2.75, 3.05) is 27.2 Å². The van der Waals surface area contributed by atoms with Gasteiger partial charge in [-0.05, 0) is 104 Å². The highest BCUT2D eigenvalue weighted by Crippen LogP contribution is 2.68. The van der Waals surface area contributed by atoms with E-state index in [0.717, 1.165) is 51.5 Å². The third-order valence-corrected chi connectivity index (χ3v) is 10.9. The van der Waals surface area contributed by atoms with Crippen LogP contribution in [0, 0.1) is 46.3 Å². The fraction of sp³-hybridized carbons (Fsp3) is 0.964.